The number of carbonyl (C=O) groups is 2. The highest BCUT2D eigenvalue weighted by atomic mass is 16.6. The second kappa shape index (κ2) is 7.80. The standard InChI is InChI=1S/C19H29N5O3/c1-14-20-13-15-16(25)5-6-23(17(15)21-14)10-7-22-8-11-24(12-9-22)18(26)27-19(2,3)4/h13H,5-12H2,1-4H3. The summed E-state index contributed by atoms with van der Waals surface area (Å²) >= 11 is 0. The summed E-state index contributed by atoms with van der Waals surface area (Å²) in [5.74, 6) is 1.55. The van der Waals surface area contributed by atoms with E-state index in [1.165, 1.54) is 0 Å². The zero-order valence-corrected chi connectivity index (χ0v) is 16.7. The predicted octanol–water partition coefficient (Wildman–Crippen LogP) is 1.73. The first-order valence-electron chi connectivity index (χ1n) is 9.55. The molecule has 0 spiro atoms. The third-order valence-corrected chi connectivity index (χ3v) is 4.81. The van der Waals surface area contributed by atoms with Gasteiger partial charge < -0.3 is 14.5 Å². The van der Waals surface area contributed by atoms with Gasteiger partial charge in [0.15, 0.2) is 5.78 Å². The van der Waals surface area contributed by atoms with Crippen molar-refractivity contribution in [3.63, 3.8) is 0 Å². The van der Waals surface area contributed by atoms with Gasteiger partial charge in [-0.15, -0.1) is 0 Å². The zero-order valence-electron chi connectivity index (χ0n) is 16.7. The molecule has 0 N–H and O–H groups in total. The topological polar surface area (TPSA) is 78.9 Å². The number of hydrogen-bond donors (Lipinski definition) is 0. The van der Waals surface area contributed by atoms with Crippen molar-refractivity contribution in [3.8, 4) is 0 Å². The van der Waals surface area contributed by atoms with Crippen molar-refractivity contribution in [1.82, 2.24) is 19.8 Å². The van der Waals surface area contributed by atoms with Crippen LogP contribution in [0.25, 0.3) is 0 Å². The first-order chi connectivity index (χ1) is 12.7. The van der Waals surface area contributed by atoms with Gasteiger partial charge in [0.25, 0.3) is 0 Å². The fourth-order valence-corrected chi connectivity index (χ4v) is 3.33. The molecular weight excluding hydrogens is 346 g/mol. The van der Waals surface area contributed by atoms with Gasteiger partial charge in [0.2, 0.25) is 0 Å². The molecule has 1 aromatic heterocycles. The first kappa shape index (κ1) is 19.5. The maximum atomic E-state index is 12.2. The minimum absolute atomic E-state index is 0.118. The lowest BCUT2D eigenvalue weighted by Gasteiger charge is -2.37. The number of aryl methyl sites for hydroxylation is 1. The number of aromatic nitrogens is 2. The molecule has 0 saturated carbocycles. The molecule has 0 bridgehead atoms. The minimum atomic E-state index is -0.465. The fourth-order valence-electron chi connectivity index (χ4n) is 3.33. The third kappa shape index (κ3) is 4.94. The van der Waals surface area contributed by atoms with Gasteiger partial charge in [-0.2, -0.15) is 0 Å². The van der Waals surface area contributed by atoms with E-state index in [-0.39, 0.29) is 11.9 Å². The quantitative estimate of drug-likeness (QED) is 0.796. The molecule has 0 aromatic carbocycles. The van der Waals surface area contributed by atoms with Crippen molar-refractivity contribution >= 4 is 17.7 Å². The Hall–Kier alpha value is -2.22. The summed E-state index contributed by atoms with van der Waals surface area (Å²) in [4.78, 5) is 39.2. The van der Waals surface area contributed by atoms with E-state index in [2.05, 4.69) is 19.8 Å². The highest BCUT2D eigenvalue weighted by Gasteiger charge is 2.28. The maximum absolute atomic E-state index is 12.2. The van der Waals surface area contributed by atoms with Gasteiger partial charge in [-0.1, -0.05) is 0 Å². The maximum Gasteiger partial charge on any atom is 0.410 e. The Labute approximate surface area is 160 Å². The highest BCUT2D eigenvalue weighted by Crippen LogP contribution is 2.24. The molecule has 27 heavy (non-hydrogen) atoms. The average Bonchev–Trinajstić information content (AvgIpc) is 2.60. The van der Waals surface area contributed by atoms with Crippen molar-refractivity contribution in [1.29, 1.82) is 0 Å². The number of piperazine rings is 1. The number of Topliss-reactive ketones (excluding diaryl/α,β-unsaturated/α-hetero) is 1. The van der Waals surface area contributed by atoms with Crippen LogP contribution in [0.4, 0.5) is 10.6 Å². The van der Waals surface area contributed by atoms with Crippen LogP contribution in [0.5, 0.6) is 0 Å². The molecule has 8 heteroatoms. The van der Waals surface area contributed by atoms with E-state index in [4.69, 9.17) is 4.74 Å². The van der Waals surface area contributed by atoms with Crippen molar-refractivity contribution in [2.45, 2.75) is 39.7 Å². The summed E-state index contributed by atoms with van der Waals surface area (Å²) in [7, 11) is 0. The van der Waals surface area contributed by atoms with Crippen molar-refractivity contribution in [3.05, 3.63) is 17.6 Å². The highest BCUT2D eigenvalue weighted by molar-refractivity contribution is 6.02. The van der Waals surface area contributed by atoms with Crippen LogP contribution in [-0.4, -0.2) is 83.1 Å². The molecule has 1 aromatic rings. The number of anilines is 1. The van der Waals surface area contributed by atoms with Gasteiger partial charge in [0, 0.05) is 58.4 Å². The van der Waals surface area contributed by atoms with E-state index in [0.717, 1.165) is 32.0 Å². The Morgan fingerprint density at radius 2 is 1.85 bits per heavy atom. The molecule has 0 radical (unpaired) electrons. The van der Waals surface area contributed by atoms with Crippen LogP contribution >= 0.6 is 0 Å². The van der Waals surface area contributed by atoms with Crippen LogP contribution in [0.2, 0.25) is 0 Å². The third-order valence-electron chi connectivity index (χ3n) is 4.81. The van der Waals surface area contributed by atoms with E-state index in [9.17, 15) is 9.59 Å². The Morgan fingerprint density at radius 1 is 1.15 bits per heavy atom. The second-order valence-electron chi connectivity index (χ2n) is 8.12. The number of ketones is 1. The molecule has 148 valence electrons. The average molecular weight is 375 g/mol. The predicted molar refractivity (Wildman–Crippen MR) is 102 cm³/mol. The Balaban J connectivity index is 1.51. The number of nitrogens with zero attached hydrogens (tertiary/aromatic N) is 5. The van der Waals surface area contributed by atoms with Gasteiger partial charge in [0.05, 0.1) is 5.56 Å². The summed E-state index contributed by atoms with van der Waals surface area (Å²) < 4.78 is 5.44. The molecular formula is C19H29N5O3. The Kier molecular flexibility index (Phi) is 5.64. The molecule has 2 aliphatic heterocycles. The smallest absolute Gasteiger partial charge is 0.410 e. The molecule has 0 unspecified atom stereocenters. The molecule has 2 aliphatic rings. The monoisotopic (exact) mass is 375 g/mol. The van der Waals surface area contributed by atoms with Crippen molar-refractivity contribution in [2.24, 2.45) is 0 Å². The fraction of sp³-hybridized carbons (Fsp3) is 0.684. The van der Waals surface area contributed by atoms with E-state index in [1.54, 1.807) is 11.1 Å². The van der Waals surface area contributed by atoms with E-state index in [1.807, 2.05) is 27.7 Å². The molecule has 3 heterocycles. The molecule has 1 amide bonds. The summed E-state index contributed by atoms with van der Waals surface area (Å²) in [6.45, 7) is 12.9. The van der Waals surface area contributed by atoms with Gasteiger partial charge in [-0.25, -0.2) is 14.8 Å². The molecule has 8 nitrogen and oxygen atoms in total. The van der Waals surface area contributed by atoms with Crippen LogP contribution in [0.1, 0.15) is 43.4 Å². The van der Waals surface area contributed by atoms with Crippen LogP contribution in [0.15, 0.2) is 6.20 Å². The van der Waals surface area contributed by atoms with Gasteiger partial charge in [0.1, 0.15) is 17.2 Å². The van der Waals surface area contributed by atoms with E-state index >= 15 is 0 Å². The normalized spacial score (nSPS) is 18.4. The number of fused-ring (bicyclic) bond motifs is 1. The van der Waals surface area contributed by atoms with Crippen molar-refractivity contribution in [2.75, 3.05) is 50.7 Å². The lowest BCUT2D eigenvalue weighted by atomic mass is 10.1. The number of carbonyl (C=O) groups excluding carboxylic acids is 2. The molecule has 3 rings (SSSR count). The molecule has 1 fully saturated rings. The number of hydrogen-bond acceptors (Lipinski definition) is 7. The number of ether oxygens (including phenoxy) is 1. The Bertz CT molecular complexity index is 708. The van der Waals surface area contributed by atoms with Gasteiger partial charge in [-0.05, 0) is 27.7 Å². The second-order valence-corrected chi connectivity index (χ2v) is 8.12. The van der Waals surface area contributed by atoms with Gasteiger partial charge in [-0.3, -0.25) is 9.69 Å². The lowest BCUT2D eigenvalue weighted by molar-refractivity contribution is 0.0147. The summed E-state index contributed by atoms with van der Waals surface area (Å²) in [5, 5.41) is 0. The zero-order chi connectivity index (χ0) is 19.6. The summed E-state index contributed by atoms with van der Waals surface area (Å²) in [6, 6.07) is 0. The first-order valence-corrected chi connectivity index (χ1v) is 9.55. The lowest BCUT2D eigenvalue weighted by Crippen LogP contribution is -2.51. The largest absolute Gasteiger partial charge is 0.444 e. The number of amides is 1. The van der Waals surface area contributed by atoms with Crippen LogP contribution in [-0.2, 0) is 4.74 Å². The van der Waals surface area contributed by atoms with Crippen LogP contribution in [0, 0.1) is 6.92 Å². The van der Waals surface area contributed by atoms with Crippen molar-refractivity contribution < 1.29 is 14.3 Å². The molecule has 0 aliphatic carbocycles. The van der Waals surface area contributed by atoms with E-state index < -0.39 is 5.60 Å². The van der Waals surface area contributed by atoms with Crippen LogP contribution < -0.4 is 4.90 Å². The summed E-state index contributed by atoms with van der Waals surface area (Å²) in [5.41, 5.74) is 0.161. The molecule has 1 saturated heterocycles. The molecule has 0 atom stereocenters. The minimum Gasteiger partial charge on any atom is -0.444 e. The Morgan fingerprint density at radius 3 is 2.52 bits per heavy atom. The SMILES string of the molecule is Cc1ncc2c(n1)N(CCN1CCN(C(=O)OC(C)(C)C)CC1)CCC2=O. The van der Waals surface area contributed by atoms with Gasteiger partial charge >= 0.3 is 6.09 Å². The van der Waals surface area contributed by atoms with Crippen LogP contribution in [0.3, 0.4) is 0 Å². The summed E-state index contributed by atoms with van der Waals surface area (Å²) in [6.07, 6.45) is 1.91. The van der Waals surface area contributed by atoms with E-state index in [0.29, 0.717) is 37.4 Å². The number of rotatable bonds is 3.